The van der Waals surface area contributed by atoms with E-state index in [9.17, 15) is 0 Å². The summed E-state index contributed by atoms with van der Waals surface area (Å²) >= 11 is 0. The monoisotopic (exact) mass is 280 g/mol. The number of nitrogens with zero attached hydrogens (tertiary/aromatic N) is 4. The van der Waals surface area contributed by atoms with Crippen LogP contribution in [0.1, 0.15) is 48.7 Å². The van der Waals surface area contributed by atoms with Gasteiger partial charge in [0, 0.05) is 6.54 Å². The third kappa shape index (κ3) is 4.03. The van der Waals surface area contributed by atoms with Gasteiger partial charge < -0.3 is 0 Å². The minimum atomic E-state index is 0.384. The molecule has 4 heteroatoms. The molecular weight excluding hydrogens is 260 g/mol. The number of aryl methyl sites for hydroxylation is 2. The van der Waals surface area contributed by atoms with Gasteiger partial charge in [-0.1, -0.05) is 60.9 Å². The van der Waals surface area contributed by atoms with Crippen LogP contribution in [0.25, 0.3) is 12.2 Å². The quantitative estimate of drug-likeness (QED) is 0.756. The van der Waals surface area contributed by atoms with Crippen molar-refractivity contribution >= 4 is 12.2 Å². The predicted molar refractivity (Wildman–Crippen MR) is 84.4 cm³/mol. The summed E-state index contributed by atoms with van der Waals surface area (Å²) in [6.07, 6.45) is 7.29. The zero-order chi connectivity index (χ0) is 15.1. The third-order valence-corrected chi connectivity index (χ3v) is 3.36. The minimum Gasteiger partial charge on any atom is -0.244 e. The van der Waals surface area contributed by atoms with Crippen LogP contribution < -0.4 is 0 Å². The zero-order valence-electron chi connectivity index (χ0n) is 12.6. The Hall–Kier alpha value is -2.41. The van der Waals surface area contributed by atoms with E-state index in [-0.39, 0.29) is 0 Å². The van der Waals surface area contributed by atoms with E-state index in [4.69, 9.17) is 5.26 Å². The Bertz CT molecular complexity index is 644. The van der Waals surface area contributed by atoms with Crippen LogP contribution in [-0.4, -0.2) is 15.0 Å². The van der Waals surface area contributed by atoms with Crippen LogP contribution >= 0.6 is 0 Å². The molecule has 108 valence electrons. The predicted octanol–water partition coefficient (Wildman–Crippen LogP) is 3.82. The molecule has 0 spiro atoms. The number of hydrogen-bond donors (Lipinski definition) is 0. The summed E-state index contributed by atoms with van der Waals surface area (Å²) in [6.45, 7) is 5.03. The Morgan fingerprint density at radius 2 is 1.95 bits per heavy atom. The van der Waals surface area contributed by atoms with Crippen molar-refractivity contribution in [2.24, 2.45) is 0 Å². The van der Waals surface area contributed by atoms with Gasteiger partial charge in [-0.15, -0.1) is 5.10 Å². The van der Waals surface area contributed by atoms with Crippen LogP contribution in [0.2, 0.25) is 0 Å². The van der Waals surface area contributed by atoms with Crippen molar-refractivity contribution in [3.63, 3.8) is 0 Å². The molecule has 0 atom stereocenters. The summed E-state index contributed by atoms with van der Waals surface area (Å²) < 4.78 is 1.82. The van der Waals surface area contributed by atoms with E-state index >= 15 is 0 Å². The second-order valence-electron chi connectivity index (χ2n) is 5.11. The van der Waals surface area contributed by atoms with Crippen LogP contribution in [0, 0.1) is 18.3 Å². The van der Waals surface area contributed by atoms with E-state index in [0.29, 0.717) is 5.69 Å². The summed E-state index contributed by atoms with van der Waals surface area (Å²) in [7, 11) is 0. The molecule has 0 fully saturated rings. The van der Waals surface area contributed by atoms with Gasteiger partial charge in [0.15, 0.2) is 5.69 Å². The highest BCUT2D eigenvalue weighted by atomic mass is 15.4. The fraction of sp³-hybridized carbons (Fsp3) is 0.353. The lowest BCUT2D eigenvalue weighted by molar-refractivity contribution is 0.534. The Balaban J connectivity index is 2.19. The fourth-order valence-corrected chi connectivity index (χ4v) is 2.09. The van der Waals surface area contributed by atoms with Crippen molar-refractivity contribution in [2.45, 2.75) is 39.7 Å². The molecule has 0 unspecified atom stereocenters. The third-order valence-electron chi connectivity index (χ3n) is 3.36. The van der Waals surface area contributed by atoms with E-state index in [1.807, 2.05) is 16.8 Å². The SMILES string of the molecule is CCCCCn1nnc(C#N)c1/C=C/c1ccc(C)cc1. The van der Waals surface area contributed by atoms with E-state index < -0.39 is 0 Å². The highest BCUT2D eigenvalue weighted by molar-refractivity contribution is 5.70. The van der Waals surface area contributed by atoms with Crippen molar-refractivity contribution in [2.75, 3.05) is 0 Å². The van der Waals surface area contributed by atoms with Crippen LogP contribution in [0.15, 0.2) is 24.3 Å². The number of benzene rings is 1. The minimum absolute atomic E-state index is 0.384. The molecule has 2 aromatic rings. The van der Waals surface area contributed by atoms with Gasteiger partial charge in [-0.05, 0) is 25.0 Å². The van der Waals surface area contributed by atoms with Gasteiger partial charge in [0.05, 0.1) is 5.69 Å². The first kappa shape index (κ1) is 15.0. The maximum absolute atomic E-state index is 9.14. The summed E-state index contributed by atoms with van der Waals surface area (Å²) in [5.74, 6) is 0. The van der Waals surface area contributed by atoms with Gasteiger partial charge in [0.1, 0.15) is 6.07 Å². The number of rotatable bonds is 6. The number of hydrogen-bond acceptors (Lipinski definition) is 3. The molecule has 0 aliphatic heterocycles. The van der Waals surface area contributed by atoms with Crippen molar-refractivity contribution in [3.8, 4) is 6.07 Å². The van der Waals surface area contributed by atoms with Gasteiger partial charge in [-0.2, -0.15) is 5.26 Å². The fourth-order valence-electron chi connectivity index (χ4n) is 2.09. The van der Waals surface area contributed by atoms with Crippen LogP contribution in [0.5, 0.6) is 0 Å². The molecule has 1 aromatic heterocycles. The standard InChI is InChI=1S/C17H20N4/c1-3-4-5-12-21-17(16(13-18)19-20-21)11-10-15-8-6-14(2)7-9-15/h6-11H,3-5,12H2,1-2H3/b11-10+. The van der Waals surface area contributed by atoms with Gasteiger partial charge in [-0.3, -0.25) is 0 Å². The maximum atomic E-state index is 9.14. The first-order valence-electron chi connectivity index (χ1n) is 7.33. The topological polar surface area (TPSA) is 54.5 Å². The molecular formula is C17H20N4. The van der Waals surface area contributed by atoms with Crippen LogP contribution in [0.4, 0.5) is 0 Å². The van der Waals surface area contributed by atoms with E-state index in [2.05, 4.69) is 54.5 Å². The maximum Gasteiger partial charge on any atom is 0.190 e. The normalized spacial score (nSPS) is 10.9. The highest BCUT2D eigenvalue weighted by Gasteiger charge is 2.09. The van der Waals surface area contributed by atoms with E-state index in [1.54, 1.807) is 0 Å². The molecule has 0 saturated heterocycles. The van der Waals surface area contributed by atoms with Crippen molar-refractivity contribution < 1.29 is 0 Å². The number of unbranched alkanes of at least 4 members (excludes halogenated alkanes) is 2. The first-order valence-corrected chi connectivity index (χ1v) is 7.33. The van der Waals surface area contributed by atoms with Crippen LogP contribution in [-0.2, 0) is 6.54 Å². The Labute approximate surface area is 125 Å². The molecule has 0 radical (unpaired) electrons. The van der Waals surface area contributed by atoms with E-state index in [1.165, 1.54) is 5.56 Å². The smallest absolute Gasteiger partial charge is 0.190 e. The molecule has 2 rings (SSSR count). The molecule has 21 heavy (non-hydrogen) atoms. The lowest BCUT2D eigenvalue weighted by Gasteiger charge is -2.02. The van der Waals surface area contributed by atoms with Crippen LogP contribution in [0.3, 0.4) is 0 Å². The average Bonchev–Trinajstić information content (AvgIpc) is 2.89. The summed E-state index contributed by atoms with van der Waals surface area (Å²) in [4.78, 5) is 0. The lowest BCUT2D eigenvalue weighted by atomic mass is 10.1. The van der Waals surface area contributed by atoms with Gasteiger partial charge in [0.25, 0.3) is 0 Å². The Morgan fingerprint density at radius 1 is 1.19 bits per heavy atom. The molecule has 0 N–H and O–H groups in total. The Kier molecular flexibility index (Phi) is 5.28. The number of nitriles is 1. The van der Waals surface area contributed by atoms with Gasteiger partial charge in [-0.25, -0.2) is 4.68 Å². The molecule has 0 amide bonds. The Morgan fingerprint density at radius 3 is 2.62 bits per heavy atom. The summed E-state index contributed by atoms with van der Waals surface area (Å²) in [5.41, 5.74) is 3.51. The molecule has 1 aromatic carbocycles. The molecule has 0 bridgehead atoms. The second kappa shape index (κ2) is 7.39. The van der Waals surface area contributed by atoms with Gasteiger partial charge in [0.2, 0.25) is 0 Å². The zero-order valence-corrected chi connectivity index (χ0v) is 12.6. The molecule has 1 heterocycles. The molecule has 0 saturated carbocycles. The molecule has 4 nitrogen and oxygen atoms in total. The molecule has 0 aliphatic rings. The second-order valence-corrected chi connectivity index (χ2v) is 5.11. The first-order chi connectivity index (χ1) is 10.2. The van der Waals surface area contributed by atoms with Crippen molar-refractivity contribution in [3.05, 3.63) is 46.8 Å². The summed E-state index contributed by atoms with van der Waals surface area (Å²) in [5, 5.41) is 17.2. The largest absolute Gasteiger partial charge is 0.244 e. The van der Waals surface area contributed by atoms with Crippen molar-refractivity contribution in [1.29, 1.82) is 5.26 Å². The summed E-state index contributed by atoms with van der Waals surface area (Å²) in [6, 6.07) is 10.4. The van der Waals surface area contributed by atoms with Gasteiger partial charge >= 0.3 is 0 Å². The lowest BCUT2D eigenvalue weighted by Crippen LogP contribution is -2.02. The highest BCUT2D eigenvalue weighted by Crippen LogP contribution is 2.12. The van der Waals surface area contributed by atoms with Crippen molar-refractivity contribution in [1.82, 2.24) is 15.0 Å². The number of aromatic nitrogens is 3. The average molecular weight is 280 g/mol. The molecule has 0 aliphatic carbocycles. The van der Waals surface area contributed by atoms with E-state index in [0.717, 1.165) is 37.1 Å².